The highest BCUT2D eigenvalue weighted by Crippen LogP contribution is 2.26. The molecule has 1 aromatic carbocycles. The standard InChI is InChI=1S/C14H18Cl2N2O/c1-18(9-10-4-3-7-17-8-10)14(19)11-5-2-6-12(15)13(11)16/h2,5-6,10,17H,3-4,7-9H2,1H3. The molecule has 1 saturated heterocycles. The van der Waals surface area contributed by atoms with E-state index in [4.69, 9.17) is 23.2 Å². The van der Waals surface area contributed by atoms with Crippen LogP contribution in [0.15, 0.2) is 18.2 Å². The molecule has 1 N–H and O–H groups in total. The van der Waals surface area contributed by atoms with E-state index in [1.54, 1.807) is 23.1 Å². The first-order valence-electron chi connectivity index (χ1n) is 6.50. The Morgan fingerprint density at radius 1 is 1.47 bits per heavy atom. The molecule has 0 aliphatic carbocycles. The van der Waals surface area contributed by atoms with Gasteiger partial charge in [-0.15, -0.1) is 0 Å². The number of rotatable bonds is 3. The number of benzene rings is 1. The predicted octanol–water partition coefficient (Wildman–Crippen LogP) is 3.07. The maximum absolute atomic E-state index is 12.4. The molecule has 5 heteroatoms. The van der Waals surface area contributed by atoms with Crippen molar-refractivity contribution in [1.82, 2.24) is 10.2 Å². The number of piperidine rings is 1. The van der Waals surface area contributed by atoms with Crippen LogP contribution in [0.5, 0.6) is 0 Å². The lowest BCUT2D eigenvalue weighted by Crippen LogP contribution is -2.39. The van der Waals surface area contributed by atoms with Crippen molar-refractivity contribution in [2.75, 3.05) is 26.7 Å². The van der Waals surface area contributed by atoms with Crippen molar-refractivity contribution in [3.05, 3.63) is 33.8 Å². The van der Waals surface area contributed by atoms with E-state index in [0.717, 1.165) is 26.1 Å². The first-order valence-corrected chi connectivity index (χ1v) is 7.25. The highest BCUT2D eigenvalue weighted by molar-refractivity contribution is 6.43. The lowest BCUT2D eigenvalue weighted by atomic mass is 9.99. The van der Waals surface area contributed by atoms with Gasteiger partial charge in [-0.25, -0.2) is 0 Å². The van der Waals surface area contributed by atoms with Crippen molar-refractivity contribution in [3.63, 3.8) is 0 Å². The average molecular weight is 301 g/mol. The molecule has 1 fully saturated rings. The van der Waals surface area contributed by atoms with Gasteiger partial charge >= 0.3 is 0 Å². The SMILES string of the molecule is CN(CC1CCCNC1)C(=O)c1cccc(Cl)c1Cl. The summed E-state index contributed by atoms with van der Waals surface area (Å²) in [5.41, 5.74) is 0.473. The Morgan fingerprint density at radius 2 is 2.26 bits per heavy atom. The van der Waals surface area contributed by atoms with Gasteiger partial charge in [0, 0.05) is 13.6 Å². The number of carbonyl (C=O) groups is 1. The summed E-state index contributed by atoms with van der Waals surface area (Å²) in [6.07, 6.45) is 2.33. The number of nitrogens with one attached hydrogen (secondary N) is 1. The molecule has 0 aromatic heterocycles. The Balaban J connectivity index is 2.03. The summed E-state index contributed by atoms with van der Waals surface area (Å²) in [4.78, 5) is 14.1. The predicted molar refractivity (Wildman–Crippen MR) is 79.0 cm³/mol. The van der Waals surface area contributed by atoms with E-state index in [2.05, 4.69) is 5.32 Å². The number of hydrogen-bond acceptors (Lipinski definition) is 2. The van der Waals surface area contributed by atoms with Crippen LogP contribution >= 0.6 is 23.2 Å². The van der Waals surface area contributed by atoms with Crippen LogP contribution in [-0.4, -0.2) is 37.5 Å². The second kappa shape index (κ2) is 6.60. The number of hydrogen-bond donors (Lipinski definition) is 1. The molecule has 19 heavy (non-hydrogen) atoms. The van der Waals surface area contributed by atoms with Crippen LogP contribution < -0.4 is 5.32 Å². The first-order chi connectivity index (χ1) is 9.09. The van der Waals surface area contributed by atoms with Crippen LogP contribution in [0.3, 0.4) is 0 Å². The lowest BCUT2D eigenvalue weighted by Gasteiger charge is -2.28. The van der Waals surface area contributed by atoms with Gasteiger partial charge in [0.05, 0.1) is 15.6 Å². The van der Waals surface area contributed by atoms with E-state index in [1.807, 2.05) is 7.05 Å². The quantitative estimate of drug-likeness (QED) is 0.930. The van der Waals surface area contributed by atoms with E-state index in [1.165, 1.54) is 6.42 Å². The summed E-state index contributed by atoms with van der Waals surface area (Å²) in [5.74, 6) is 0.443. The van der Waals surface area contributed by atoms with Gasteiger partial charge in [0.2, 0.25) is 0 Å². The zero-order valence-electron chi connectivity index (χ0n) is 11.0. The maximum atomic E-state index is 12.4. The van der Waals surface area contributed by atoms with Gasteiger partial charge in [0.25, 0.3) is 5.91 Å². The number of halogens is 2. The largest absolute Gasteiger partial charge is 0.341 e. The molecule has 0 saturated carbocycles. The first kappa shape index (κ1) is 14.6. The minimum absolute atomic E-state index is 0.0712. The summed E-state index contributed by atoms with van der Waals surface area (Å²) < 4.78 is 0. The van der Waals surface area contributed by atoms with Crippen LogP contribution in [0.2, 0.25) is 10.0 Å². The third-order valence-corrected chi connectivity index (χ3v) is 4.28. The summed E-state index contributed by atoms with van der Waals surface area (Å²) in [7, 11) is 1.81. The van der Waals surface area contributed by atoms with Crippen molar-refractivity contribution in [1.29, 1.82) is 0 Å². The van der Waals surface area contributed by atoms with E-state index in [-0.39, 0.29) is 5.91 Å². The molecule has 0 radical (unpaired) electrons. The van der Waals surface area contributed by atoms with Gasteiger partial charge in [-0.05, 0) is 44.0 Å². The van der Waals surface area contributed by atoms with Crippen LogP contribution in [0.1, 0.15) is 23.2 Å². The fourth-order valence-corrected chi connectivity index (χ4v) is 2.81. The Kier molecular flexibility index (Phi) is 5.08. The normalized spacial score (nSPS) is 19.2. The van der Waals surface area contributed by atoms with Crippen molar-refractivity contribution < 1.29 is 4.79 Å². The minimum atomic E-state index is -0.0712. The molecule has 1 aliphatic heterocycles. The van der Waals surface area contributed by atoms with Crippen LogP contribution in [0.25, 0.3) is 0 Å². The van der Waals surface area contributed by atoms with E-state index in [9.17, 15) is 4.79 Å². The molecule has 3 nitrogen and oxygen atoms in total. The van der Waals surface area contributed by atoms with Crippen LogP contribution in [0, 0.1) is 5.92 Å². The van der Waals surface area contributed by atoms with Gasteiger partial charge in [-0.3, -0.25) is 4.79 Å². The fourth-order valence-electron chi connectivity index (χ4n) is 2.42. The molecule has 2 rings (SSSR count). The summed E-state index contributed by atoms with van der Waals surface area (Å²) in [5, 5.41) is 4.11. The number of amides is 1. The Hall–Kier alpha value is -0.770. The second-order valence-corrected chi connectivity index (χ2v) is 5.78. The van der Waals surface area contributed by atoms with Gasteiger partial charge in [0.15, 0.2) is 0 Å². The second-order valence-electron chi connectivity index (χ2n) is 5.00. The Bertz CT molecular complexity index is 459. The molecule has 1 heterocycles. The molecule has 0 bridgehead atoms. The van der Waals surface area contributed by atoms with Crippen LogP contribution in [0.4, 0.5) is 0 Å². The highest BCUT2D eigenvalue weighted by atomic mass is 35.5. The number of carbonyl (C=O) groups excluding carboxylic acids is 1. The zero-order valence-corrected chi connectivity index (χ0v) is 12.5. The highest BCUT2D eigenvalue weighted by Gasteiger charge is 2.21. The Labute approximate surface area is 123 Å². The van der Waals surface area contributed by atoms with Crippen molar-refractivity contribution in [2.45, 2.75) is 12.8 Å². The average Bonchev–Trinajstić information content (AvgIpc) is 2.42. The molecule has 104 valence electrons. The molecule has 0 spiro atoms. The molecule has 1 atom stereocenters. The molecule has 1 amide bonds. The smallest absolute Gasteiger partial charge is 0.255 e. The molecule has 1 aromatic rings. The van der Waals surface area contributed by atoms with Gasteiger partial charge in [0.1, 0.15) is 0 Å². The van der Waals surface area contributed by atoms with E-state index < -0.39 is 0 Å². The molecular formula is C14H18Cl2N2O. The fraction of sp³-hybridized carbons (Fsp3) is 0.500. The topological polar surface area (TPSA) is 32.3 Å². The third-order valence-electron chi connectivity index (χ3n) is 3.46. The van der Waals surface area contributed by atoms with Gasteiger partial charge in [-0.1, -0.05) is 29.3 Å². The molecular weight excluding hydrogens is 283 g/mol. The summed E-state index contributed by atoms with van der Waals surface area (Å²) in [6, 6.07) is 5.15. The van der Waals surface area contributed by atoms with Crippen molar-refractivity contribution in [3.8, 4) is 0 Å². The minimum Gasteiger partial charge on any atom is -0.341 e. The monoisotopic (exact) mass is 300 g/mol. The summed E-state index contributed by atoms with van der Waals surface area (Å²) in [6.45, 7) is 2.80. The number of nitrogens with zero attached hydrogens (tertiary/aromatic N) is 1. The van der Waals surface area contributed by atoms with Gasteiger partial charge < -0.3 is 10.2 Å². The maximum Gasteiger partial charge on any atom is 0.255 e. The van der Waals surface area contributed by atoms with Crippen LogP contribution in [-0.2, 0) is 0 Å². The van der Waals surface area contributed by atoms with Crippen molar-refractivity contribution in [2.24, 2.45) is 5.92 Å². The van der Waals surface area contributed by atoms with E-state index in [0.29, 0.717) is 21.5 Å². The van der Waals surface area contributed by atoms with Gasteiger partial charge in [-0.2, -0.15) is 0 Å². The Morgan fingerprint density at radius 3 is 2.95 bits per heavy atom. The lowest BCUT2D eigenvalue weighted by molar-refractivity contribution is 0.0765. The third kappa shape index (κ3) is 3.62. The molecule has 1 unspecified atom stereocenters. The summed E-state index contributed by atoms with van der Waals surface area (Å²) >= 11 is 12.0. The molecule has 1 aliphatic rings. The van der Waals surface area contributed by atoms with Crippen molar-refractivity contribution >= 4 is 29.1 Å². The zero-order chi connectivity index (χ0) is 13.8. The van der Waals surface area contributed by atoms with E-state index >= 15 is 0 Å².